The molecule has 1 amide bonds. The van der Waals surface area contributed by atoms with Gasteiger partial charge in [0.2, 0.25) is 0 Å². The molecule has 0 aliphatic rings. The quantitative estimate of drug-likeness (QED) is 0.542. The molecule has 3 N–H and O–H groups in total. The fourth-order valence-electron chi connectivity index (χ4n) is 2.81. The van der Waals surface area contributed by atoms with E-state index in [-0.39, 0.29) is 12.5 Å². The van der Waals surface area contributed by atoms with Gasteiger partial charge in [-0.15, -0.1) is 0 Å². The van der Waals surface area contributed by atoms with Gasteiger partial charge in [0.15, 0.2) is 0 Å². The first-order valence-corrected chi connectivity index (χ1v) is 9.56. The van der Waals surface area contributed by atoms with E-state index < -0.39 is 17.7 Å². The molecule has 1 aromatic carbocycles. The van der Waals surface area contributed by atoms with Gasteiger partial charge < -0.3 is 20.1 Å². The minimum Gasteiger partial charge on any atom is -0.481 e. The Kier molecular flexibility index (Phi) is 7.61. The average Bonchev–Trinajstić information content (AvgIpc) is 3.09. The molecular formula is C21H29N3O4. The molecule has 7 heteroatoms. The Morgan fingerprint density at radius 1 is 1.18 bits per heavy atom. The lowest BCUT2D eigenvalue weighted by Crippen LogP contribution is -2.35. The van der Waals surface area contributed by atoms with Crippen LogP contribution in [0, 0.1) is 0 Å². The highest BCUT2D eigenvalue weighted by Gasteiger charge is 2.22. The molecule has 1 heterocycles. The first-order valence-electron chi connectivity index (χ1n) is 9.56. The number of carboxylic acid groups (broad SMARTS) is 1. The van der Waals surface area contributed by atoms with E-state index in [0.717, 1.165) is 24.1 Å². The maximum absolute atomic E-state index is 12.2. The van der Waals surface area contributed by atoms with Crippen molar-refractivity contribution in [2.75, 3.05) is 0 Å². The van der Waals surface area contributed by atoms with E-state index in [2.05, 4.69) is 15.3 Å². The van der Waals surface area contributed by atoms with Gasteiger partial charge in [-0.1, -0.05) is 43.2 Å². The van der Waals surface area contributed by atoms with Gasteiger partial charge in [0, 0.05) is 6.42 Å². The fraction of sp³-hybridized carbons (Fsp3) is 0.476. The highest BCUT2D eigenvalue weighted by molar-refractivity contribution is 5.68. The number of nitrogens with zero attached hydrogens (tertiary/aromatic N) is 1. The van der Waals surface area contributed by atoms with Crippen molar-refractivity contribution in [3.05, 3.63) is 42.4 Å². The molecular weight excluding hydrogens is 358 g/mol. The fourth-order valence-corrected chi connectivity index (χ4v) is 2.81. The summed E-state index contributed by atoms with van der Waals surface area (Å²) in [6.45, 7) is 5.44. The molecule has 0 aliphatic carbocycles. The van der Waals surface area contributed by atoms with Crippen molar-refractivity contribution in [3.63, 3.8) is 0 Å². The number of carboxylic acids is 1. The lowest BCUT2D eigenvalue weighted by Gasteiger charge is -2.23. The largest absolute Gasteiger partial charge is 0.481 e. The molecule has 0 aliphatic heterocycles. The molecule has 0 spiro atoms. The molecule has 7 nitrogen and oxygen atoms in total. The predicted octanol–water partition coefficient (Wildman–Crippen LogP) is 4.68. The number of aromatic nitrogens is 2. The average molecular weight is 387 g/mol. The molecule has 0 unspecified atom stereocenters. The number of aromatic amines is 1. The first kappa shape index (κ1) is 21.5. The predicted molar refractivity (Wildman–Crippen MR) is 107 cm³/mol. The monoisotopic (exact) mass is 387 g/mol. The number of ether oxygens (including phenoxy) is 1. The van der Waals surface area contributed by atoms with Gasteiger partial charge in [-0.3, -0.25) is 4.79 Å². The van der Waals surface area contributed by atoms with E-state index in [1.54, 1.807) is 6.20 Å². The van der Waals surface area contributed by atoms with E-state index in [4.69, 9.17) is 9.84 Å². The Bertz CT molecular complexity index is 765. The van der Waals surface area contributed by atoms with Crippen LogP contribution in [0.25, 0.3) is 11.3 Å². The zero-order chi connectivity index (χ0) is 20.6. The summed E-state index contributed by atoms with van der Waals surface area (Å²) in [5, 5.41) is 11.6. The lowest BCUT2D eigenvalue weighted by atomic mass is 10.1. The number of unbranched alkanes of at least 4 members (excludes halogenated alkanes) is 2. The van der Waals surface area contributed by atoms with Crippen LogP contribution < -0.4 is 5.32 Å². The highest BCUT2D eigenvalue weighted by Crippen LogP contribution is 2.23. The maximum atomic E-state index is 12.2. The number of benzene rings is 1. The third-order valence-electron chi connectivity index (χ3n) is 4.08. The van der Waals surface area contributed by atoms with Gasteiger partial charge in [0.25, 0.3) is 0 Å². The standard InChI is InChI=1S/C21H29N3O4/c1-21(2,3)28-20(27)24-16(12-8-5-9-13-18(25)26)19-22-14-17(23-19)15-10-6-4-7-11-15/h4,6-7,10-11,14,16H,5,8-9,12-13H2,1-3H3,(H,22,23)(H,24,27)(H,25,26)/t16-/m0/s1. The molecule has 1 aromatic heterocycles. The second-order valence-corrected chi connectivity index (χ2v) is 7.74. The topological polar surface area (TPSA) is 104 Å². The summed E-state index contributed by atoms with van der Waals surface area (Å²) >= 11 is 0. The number of imidazole rings is 1. The SMILES string of the molecule is CC(C)(C)OC(=O)N[C@@H](CCCCCC(=O)O)c1ncc(-c2ccccc2)[nH]1. The van der Waals surface area contributed by atoms with E-state index in [1.165, 1.54) is 0 Å². The summed E-state index contributed by atoms with van der Waals surface area (Å²) in [6, 6.07) is 9.49. The van der Waals surface area contributed by atoms with E-state index in [1.807, 2.05) is 51.1 Å². The first-order chi connectivity index (χ1) is 13.2. The smallest absolute Gasteiger partial charge is 0.408 e. The molecule has 2 aromatic rings. The second kappa shape index (κ2) is 9.92. The number of rotatable bonds is 9. The normalized spacial score (nSPS) is 12.4. The van der Waals surface area contributed by atoms with Crippen molar-refractivity contribution in [1.29, 1.82) is 0 Å². The minimum atomic E-state index is -0.790. The highest BCUT2D eigenvalue weighted by atomic mass is 16.6. The van der Waals surface area contributed by atoms with Crippen molar-refractivity contribution in [1.82, 2.24) is 15.3 Å². The van der Waals surface area contributed by atoms with Crippen molar-refractivity contribution in [2.45, 2.75) is 64.5 Å². The summed E-state index contributed by atoms with van der Waals surface area (Å²) in [4.78, 5) is 30.6. The summed E-state index contributed by atoms with van der Waals surface area (Å²) in [6.07, 6.45) is 4.20. The zero-order valence-electron chi connectivity index (χ0n) is 16.7. The van der Waals surface area contributed by atoms with Gasteiger partial charge >= 0.3 is 12.1 Å². The van der Waals surface area contributed by atoms with Gasteiger partial charge in [0.05, 0.1) is 17.9 Å². The molecule has 1 atom stereocenters. The number of carbonyl (C=O) groups is 2. The van der Waals surface area contributed by atoms with Crippen LogP contribution in [0.3, 0.4) is 0 Å². The van der Waals surface area contributed by atoms with E-state index in [9.17, 15) is 9.59 Å². The molecule has 0 fully saturated rings. The summed E-state index contributed by atoms with van der Waals surface area (Å²) in [5.74, 6) is -0.134. The van der Waals surface area contributed by atoms with Crippen molar-refractivity contribution >= 4 is 12.1 Å². The van der Waals surface area contributed by atoms with E-state index in [0.29, 0.717) is 18.7 Å². The number of nitrogens with one attached hydrogen (secondary N) is 2. The number of hydrogen-bond acceptors (Lipinski definition) is 4. The number of H-pyrrole nitrogens is 1. The third-order valence-corrected chi connectivity index (χ3v) is 4.08. The Hall–Kier alpha value is -2.83. The van der Waals surface area contributed by atoms with E-state index >= 15 is 0 Å². The maximum Gasteiger partial charge on any atom is 0.408 e. The summed E-state index contributed by atoms with van der Waals surface area (Å²) in [5.41, 5.74) is 1.30. The Balaban J connectivity index is 2.05. The van der Waals surface area contributed by atoms with Gasteiger partial charge in [-0.25, -0.2) is 9.78 Å². The molecule has 0 saturated heterocycles. The van der Waals surface area contributed by atoms with Crippen molar-refractivity contribution in [3.8, 4) is 11.3 Å². The number of amides is 1. The Morgan fingerprint density at radius 3 is 2.54 bits per heavy atom. The third kappa shape index (κ3) is 7.42. The molecule has 0 radical (unpaired) electrons. The summed E-state index contributed by atoms with van der Waals surface area (Å²) < 4.78 is 5.37. The Morgan fingerprint density at radius 2 is 1.89 bits per heavy atom. The van der Waals surface area contributed by atoms with Crippen LogP contribution in [-0.4, -0.2) is 32.7 Å². The van der Waals surface area contributed by atoms with Crippen LogP contribution in [0.4, 0.5) is 4.79 Å². The van der Waals surface area contributed by atoms with Crippen LogP contribution in [0.5, 0.6) is 0 Å². The molecule has 2 rings (SSSR count). The Labute approximate surface area is 165 Å². The van der Waals surface area contributed by atoms with Crippen LogP contribution in [0.2, 0.25) is 0 Å². The van der Waals surface area contributed by atoms with Crippen molar-refractivity contribution in [2.24, 2.45) is 0 Å². The number of carbonyl (C=O) groups excluding carboxylic acids is 1. The van der Waals surface area contributed by atoms with Crippen LogP contribution in [0.15, 0.2) is 36.5 Å². The number of aliphatic carboxylic acids is 1. The van der Waals surface area contributed by atoms with Crippen LogP contribution >= 0.6 is 0 Å². The summed E-state index contributed by atoms with van der Waals surface area (Å²) in [7, 11) is 0. The molecule has 28 heavy (non-hydrogen) atoms. The van der Waals surface area contributed by atoms with Gasteiger partial charge in [-0.2, -0.15) is 0 Å². The molecule has 0 saturated carbocycles. The van der Waals surface area contributed by atoms with Crippen LogP contribution in [0.1, 0.15) is 64.7 Å². The zero-order valence-corrected chi connectivity index (χ0v) is 16.7. The van der Waals surface area contributed by atoms with Gasteiger partial charge in [0.1, 0.15) is 11.4 Å². The minimum absolute atomic E-state index is 0.156. The molecule has 0 bridgehead atoms. The number of hydrogen-bond donors (Lipinski definition) is 3. The van der Waals surface area contributed by atoms with Crippen molar-refractivity contribution < 1.29 is 19.4 Å². The van der Waals surface area contributed by atoms with Crippen LogP contribution in [-0.2, 0) is 9.53 Å². The second-order valence-electron chi connectivity index (χ2n) is 7.74. The number of alkyl carbamates (subject to hydrolysis) is 1. The van der Waals surface area contributed by atoms with Gasteiger partial charge in [-0.05, 0) is 39.2 Å². The lowest BCUT2D eigenvalue weighted by molar-refractivity contribution is -0.137. The molecule has 152 valence electrons.